The van der Waals surface area contributed by atoms with Crippen LogP contribution in [0.25, 0.3) is 11.0 Å². The van der Waals surface area contributed by atoms with Gasteiger partial charge in [0.25, 0.3) is 0 Å². The summed E-state index contributed by atoms with van der Waals surface area (Å²) in [6.45, 7) is 1.62. The van der Waals surface area contributed by atoms with Crippen molar-refractivity contribution in [1.82, 2.24) is 10.3 Å². The Bertz CT molecular complexity index is 647. The molecule has 1 saturated heterocycles. The lowest BCUT2D eigenvalue weighted by Crippen LogP contribution is -2.34. The van der Waals surface area contributed by atoms with Crippen LogP contribution in [-0.4, -0.2) is 30.0 Å². The number of fused-ring (bicyclic) bond motifs is 1. The molecule has 1 aliphatic heterocycles. The zero-order chi connectivity index (χ0) is 13.5. The van der Waals surface area contributed by atoms with Crippen molar-refractivity contribution >= 4 is 22.7 Å². The molecule has 1 saturated carbocycles. The number of amides is 1. The Labute approximate surface area is 117 Å². The van der Waals surface area contributed by atoms with E-state index in [1.54, 1.807) is 12.5 Å². The van der Waals surface area contributed by atoms with Crippen molar-refractivity contribution in [3.05, 3.63) is 24.6 Å². The molecule has 20 heavy (non-hydrogen) atoms. The lowest BCUT2D eigenvalue weighted by molar-refractivity contribution is -0.124. The van der Waals surface area contributed by atoms with Crippen molar-refractivity contribution in [2.75, 3.05) is 18.0 Å². The number of nitrogens with zero attached hydrogens (tertiary/aromatic N) is 2. The number of furan rings is 1. The van der Waals surface area contributed by atoms with E-state index in [0.717, 1.165) is 49.1 Å². The quantitative estimate of drug-likeness (QED) is 0.926. The number of carbonyl (C=O) groups excluding carboxylic acids is 1. The predicted octanol–water partition coefficient (Wildman–Crippen LogP) is 1.93. The zero-order valence-electron chi connectivity index (χ0n) is 11.2. The highest BCUT2D eigenvalue weighted by molar-refractivity contribution is 5.89. The van der Waals surface area contributed by atoms with Gasteiger partial charge in [0.2, 0.25) is 5.91 Å². The second-order valence-electron chi connectivity index (χ2n) is 5.68. The molecule has 0 aromatic carbocycles. The van der Waals surface area contributed by atoms with Crippen molar-refractivity contribution in [3.63, 3.8) is 0 Å². The number of carbonyl (C=O) groups is 1. The number of nitrogens with one attached hydrogen (secondary N) is 1. The van der Waals surface area contributed by atoms with Crippen LogP contribution < -0.4 is 10.2 Å². The summed E-state index contributed by atoms with van der Waals surface area (Å²) in [6, 6.07) is 4.24. The summed E-state index contributed by atoms with van der Waals surface area (Å²) in [4.78, 5) is 18.8. The highest BCUT2D eigenvalue weighted by Gasteiger charge is 2.33. The molecule has 4 rings (SSSR count). The van der Waals surface area contributed by atoms with Crippen LogP contribution in [0.4, 0.5) is 5.82 Å². The van der Waals surface area contributed by atoms with E-state index >= 15 is 0 Å². The first-order valence-corrected chi connectivity index (χ1v) is 7.19. The highest BCUT2D eigenvalue weighted by atomic mass is 16.3. The summed E-state index contributed by atoms with van der Waals surface area (Å²) in [6.07, 6.45) is 6.62. The van der Waals surface area contributed by atoms with Crippen molar-refractivity contribution in [2.45, 2.75) is 25.3 Å². The summed E-state index contributed by atoms with van der Waals surface area (Å²) in [5.41, 5.74) is 0.848. The fourth-order valence-corrected chi connectivity index (χ4v) is 2.85. The molecule has 2 aromatic rings. The van der Waals surface area contributed by atoms with Crippen molar-refractivity contribution in [2.24, 2.45) is 5.92 Å². The van der Waals surface area contributed by atoms with Crippen LogP contribution in [-0.2, 0) is 4.79 Å². The van der Waals surface area contributed by atoms with Gasteiger partial charge in [0.1, 0.15) is 11.4 Å². The van der Waals surface area contributed by atoms with Gasteiger partial charge in [-0.15, -0.1) is 0 Å². The average Bonchev–Trinajstić information content (AvgIpc) is 2.97. The summed E-state index contributed by atoms with van der Waals surface area (Å²) >= 11 is 0. The molecule has 2 aliphatic rings. The van der Waals surface area contributed by atoms with E-state index in [4.69, 9.17) is 4.42 Å². The first kappa shape index (κ1) is 11.8. The largest absolute Gasteiger partial charge is 0.464 e. The normalized spacial score (nSPS) is 22.4. The summed E-state index contributed by atoms with van der Waals surface area (Å²) in [7, 11) is 0. The van der Waals surface area contributed by atoms with Gasteiger partial charge in [-0.2, -0.15) is 0 Å². The molecule has 2 aromatic heterocycles. The molecular weight excluding hydrogens is 254 g/mol. The molecule has 0 radical (unpaired) electrons. The monoisotopic (exact) mass is 271 g/mol. The molecule has 1 N–H and O–H groups in total. The maximum absolute atomic E-state index is 12.1. The lowest BCUT2D eigenvalue weighted by atomic mass is 10.1. The van der Waals surface area contributed by atoms with Gasteiger partial charge in [-0.1, -0.05) is 0 Å². The van der Waals surface area contributed by atoms with Crippen LogP contribution >= 0.6 is 0 Å². The summed E-state index contributed by atoms with van der Waals surface area (Å²) in [5.74, 6) is 1.21. The minimum atomic E-state index is 0.0829. The molecule has 5 heteroatoms. The molecule has 1 amide bonds. The van der Waals surface area contributed by atoms with Gasteiger partial charge in [0, 0.05) is 25.3 Å². The molecule has 3 heterocycles. The van der Waals surface area contributed by atoms with Gasteiger partial charge in [0.15, 0.2) is 0 Å². The van der Waals surface area contributed by atoms with Crippen LogP contribution in [0.5, 0.6) is 0 Å². The Balaban J connectivity index is 1.52. The van der Waals surface area contributed by atoms with Crippen LogP contribution in [0, 0.1) is 5.92 Å². The van der Waals surface area contributed by atoms with Gasteiger partial charge in [0.05, 0.1) is 17.6 Å². The molecule has 0 bridgehead atoms. The van der Waals surface area contributed by atoms with E-state index in [1.807, 2.05) is 12.1 Å². The molecule has 1 aliphatic carbocycles. The van der Waals surface area contributed by atoms with Crippen molar-refractivity contribution < 1.29 is 9.21 Å². The number of aromatic nitrogens is 1. The fourth-order valence-electron chi connectivity index (χ4n) is 2.85. The Morgan fingerprint density at radius 2 is 2.25 bits per heavy atom. The maximum atomic E-state index is 12.1. The maximum Gasteiger partial charge on any atom is 0.225 e. The Kier molecular flexibility index (Phi) is 2.65. The van der Waals surface area contributed by atoms with Gasteiger partial charge >= 0.3 is 0 Å². The predicted molar refractivity (Wildman–Crippen MR) is 75.5 cm³/mol. The van der Waals surface area contributed by atoms with Gasteiger partial charge in [-0.3, -0.25) is 4.79 Å². The topological polar surface area (TPSA) is 58.4 Å². The second-order valence-corrected chi connectivity index (χ2v) is 5.68. The van der Waals surface area contributed by atoms with Crippen LogP contribution in [0.1, 0.15) is 19.3 Å². The fraction of sp³-hybridized carbons (Fsp3) is 0.467. The first-order chi connectivity index (χ1) is 9.81. The number of pyridine rings is 1. The van der Waals surface area contributed by atoms with Crippen LogP contribution in [0.15, 0.2) is 29.0 Å². The number of rotatable bonds is 3. The Morgan fingerprint density at radius 3 is 3.10 bits per heavy atom. The van der Waals surface area contributed by atoms with Crippen molar-refractivity contribution in [1.29, 1.82) is 0 Å². The Morgan fingerprint density at radius 1 is 1.35 bits per heavy atom. The highest BCUT2D eigenvalue weighted by Crippen LogP contribution is 2.30. The smallest absolute Gasteiger partial charge is 0.225 e. The SMILES string of the molecule is O=C(NC1CC1)C1CCN(c2nccc3occc23)C1. The minimum absolute atomic E-state index is 0.0829. The Hall–Kier alpha value is -2.04. The minimum Gasteiger partial charge on any atom is -0.464 e. The van der Waals surface area contributed by atoms with Crippen LogP contribution in [0.2, 0.25) is 0 Å². The van der Waals surface area contributed by atoms with Gasteiger partial charge in [-0.05, 0) is 31.4 Å². The number of hydrogen-bond acceptors (Lipinski definition) is 4. The third-order valence-corrected chi connectivity index (χ3v) is 4.14. The molecule has 5 nitrogen and oxygen atoms in total. The second kappa shape index (κ2) is 4.51. The lowest BCUT2D eigenvalue weighted by Gasteiger charge is -2.18. The standard InChI is InChI=1S/C15H17N3O2/c19-15(17-11-1-2-11)10-4-7-18(9-10)14-12-5-8-20-13(12)3-6-16-14/h3,5-6,8,10-11H,1-2,4,7,9H2,(H,17,19). The van der Waals surface area contributed by atoms with E-state index in [-0.39, 0.29) is 11.8 Å². The van der Waals surface area contributed by atoms with E-state index in [0.29, 0.717) is 6.04 Å². The zero-order valence-corrected chi connectivity index (χ0v) is 11.2. The van der Waals surface area contributed by atoms with Crippen molar-refractivity contribution in [3.8, 4) is 0 Å². The van der Waals surface area contributed by atoms with Gasteiger partial charge in [-0.25, -0.2) is 4.98 Å². The van der Waals surface area contributed by atoms with E-state index in [9.17, 15) is 4.79 Å². The molecular formula is C15H17N3O2. The molecule has 1 atom stereocenters. The molecule has 0 spiro atoms. The van der Waals surface area contributed by atoms with E-state index in [2.05, 4.69) is 15.2 Å². The number of hydrogen-bond donors (Lipinski definition) is 1. The van der Waals surface area contributed by atoms with E-state index in [1.165, 1.54) is 0 Å². The molecule has 104 valence electrons. The third-order valence-electron chi connectivity index (χ3n) is 4.14. The van der Waals surface area contributed by atoms with Gasteiger partial charge < -0.3 is 14.6 Å². The average molecular weight is 271 g/mol. The third kappa shape index (κ3) is 2.03. The summed E-state index contributed by atoms with van der Waals surface area (Å²) in [5, 5.41) is 4.12. The van der Waals surface area contributed by atoms with E-state index < -0.39 is 0 Å². The molecule has 2 fully saturated rings. The summed E-state index contributed by atoms with van der Waals surface area (Å²) < 4.78 is 5.41. The first-order valence-electron chi connectivity index (χ1n) is 7.19. The number of anilines is 1. The molecule has 1 unspecified atom stereocenters. The van der Waals surface area contributed by atoms with Crippen LogP contribution in [0.3, 0.4) is 0 Å².